The standard InChI is InChI=1S/C24H24F4N2O3/c1-3-12-5-6-15-19(21(12)32)13(4-2)11-23(33,24(26,27)28)22(15)29-17-9-8-16(25)20-14(17)7-10-18(31)30-20/h5-10,13,22,29,32-33H,3-4,11H2,1-2H3,(H,30,31)/t13-,22?,23+/m0/s1. The third-order valence-corrected chi connectivity index (χ3v) is 6.60. The largest absolute Gasteiger partial charge is 0.507 e. The lowest BCUT2D eigenvalue weighted by Crippen LogP contribution is -2.55. The van der Waals surface area contributed by atoms with Crippen molar-refractivity contribution in [1.82, 2.24) is 4.98 Å². The van der Waals surface area contributed by atoms with Crippen LogP contribution >= 0.6 is 0 Å². The quantitative estimate of drug-likeness (QED) is 0.396. The van der Waals surface area contributed by atoms with Crippen molar-refractivity contribution in [3.8, 4) is 5.75 Å². The fourth-order valence-corrected chi connectivity index (χ4v) is 4.81. The van der Waals surface area contributed by atoms with Crippen molar-refractivity contribution in [3.05, 3.63) is 69.3 Å². The highest BCUT2D eigenvalue weighted by atomic mass is 19.4. The van der Waals surface area contributed by atoms with E-state index in [-0.39, 0.29) is 27.9 Å². The molecule has 2 aromatic carbocycles. The molecule has 0 saturated carbocycles. The van der Waals surface area contributed by atoms with Gasteiger partial charge < -0.3 is 20.5 Å². The molecule has 1 aliphatic carbocycles. The van der Waals surface area contributed by atoms with E-state index in [9.17, 15) is 32.6 Å². The number of benzene rings is 2. The van der Waals surface area contributed by atoms with Gasteiger partial charge in [-0.2, -0.15) is 13.2 Å². The average Bonchev–Trinajstić information content (AvgIpc) is 2.76. The average molecular weight is 464 g/mol. The number of aromatic hydroxyl groups is 1. The van der Waals surface area contributed by atoms with E-state index in [1.165, 1.54) is 18.2 Å². The molecule has 0 spiro atoms. The van der Waals surface area contributed by atoms with Crippen molar-refractivity contribution in [1.29, 1.82) is 0 Å². The minimum absolute atomic E-state index is 0.0637. The van der Waals surface area contributed by atoms with Gasteiger partial charge in [0, 0.05) is 22.7 Å². The third kappa shape index (κ3) is 3.64. The van der Waals surface area contributed by atoms with Gasteiger partial charge in [0.2, 0.25) is 5.56 Å². The Kier molecular flexibility index (Phi) is 5.64. The van der Waals surface area contributed by atoms with Crippen LogP contribution in [-0.2, 0) is 6.42 Å². The normalized spacial score (nSPS) is 22.9. The second-order valence-electron chi connectivity index (χ2n) is 8.44. The molecule has 0 fully saturated rings. The highest BCUT2D eigenvalue weighted by molar-refractivity contribution is 5.91. The number of hydrogen-bond donors (Lipinski definition) is 4. The van der Waals surface area contributed by atoms with Gasteiger partial charge in [0.05, 0.1) is 11.6 Å². The van der Waals surface area contributed by atoms with E-state index in [0.717, 1.165) is 12.1 Å². The Morgan fingerprint density at radius 2 is 1.88 bits per heavy atom. The number of fused-ring (bicyclic) bond motifs is 2. The summed E-state index contributed by atoms with van der Waals surface area (Å²) in [6.45, 7) is 3.54. The summed E-state index contributed by atoms with van der Waals surface area (Å²) < 4.78 is 57.2. The molecule has 5 nitrogen and oxygen atoms in total. The lowest BCUT2D eigenvalue weighted by molar-refractivity contribution is -0.272. The van der Waals surface area contributed by atoms with Crippen molar-refractivity contribution in [2.24, 2.45) is 0 Å². The highest BCUT2D eigenvalue weighted by Gasteiger charge is 2.62. The Morgan fingerprint density at radius 1 is 1.15 bits per heavy atom. The summed E-state index contributed by atoms with van der Waals surface area (Å²) in [4.78, 5) is 14.0. The SMILES string of the molecule is CCc1ccc2c(c1O)[C@@H](CC)C[C@](O)(C(F)(F)F)C2Nc1ccc(F)c2[nH]c(=O)ccc12. The number of phenols is 1. The molecule has 0 amide bonds. The molecule has 0 radical (unpaired) electrons. The molecule has 1 heterocycles. The van der Waals surface area contributed by atoms with Crippen LogP contribution in [0, 0.1) is 5.82 Å². The number of pyridine rings is 1. The lowest BCUT2D eigenvalue weighted by Gasteiger charge is -2.46. The lowest BCUT2D eigenvalue weighted by atomic mass is 9.68. The molecule has 0 saturated heterocycles. The Morgan fingerprint density at radius 3 is 2.52 bits per heavy atom. The number of phenolic OH excluding ortho intramolecular Hbond substituents is 1. The molecule has 3 atom stereocenters. The third-order valence-electron chi connectivity index (χ3n) is 6.60. The molecular formula is C24H24F4N2O3. The van der Waals surface area contributed by atoms with Crippen LogP contribution in [0.1, 0.15) is 55.3 Å². The van der Waals surface area contributed by atoms with Crippen LogP contribution in [0.5, 0.6) is 5.75 Å². The fourth-order valence-electron chi connectivity index (χ4n) is 4.81. The minimum Gasteiger partial charge on any atom is -0.507 e. The number of aromatic nitrogens is 1. The summed E-state index contributed by atoms with van der Waals surface area (Å²) in [5.41, 5.74) is -2.65. The van der Waals surface area contributed by atoms with Crippen LogP contribution < -0.4 is 10.9 Å². The van der Waals surface area contributed by atoms with Crippen LogP contribution in [0.4, 0.5) is 23.2 Å². The van der Waals surface area contributed by atoms with Gasteiger partial charge in [-0.15, -0.1) is 0 Å². The molecule has 0 aliphatic heterocycles. The van der Waals surface area contributed by atoms with Gasteiger partial charge in [-0.3, -0.25) is 4.79 Å². The zero-order valence-corrected chi connectivity index (χ0v) is 18.1. The molecule has 4 rings (SSSR count). The Balaban J connectivity index is 1.95. The Labute approximate surface area is 187 Å². The van der Waals surface area contributed by atoms with Crippen LogP contribution in [0.15, 0.2) is 41.2 Å². The number of halogens is 4. The van der Waals surface area contributed by atoms with E-state index >= 15 is 0 Å². The Bertz CT molecular complexity index is 1270. The van der Waals surface area contributed by atoms with Crippen molar-refractivity contribution in [2.45, 2.75) is 56.8 Å². The van der Waals surface area contributed by atoms with E-state index in [0.29, 0.717) is 24.0 Å². The molecule has 1 aromatic heterocycles. The number of H-pyrrole nitrogens is 1. The first-order chi connectivity index (χ1) is 15.5. The van der Waals surface area contributed by atoms with Gasteiger partial charge in [0.15, 0.2) is 5.60 Å². The maximum Gasteiger partial charge on any atom is 0.419 e. The first-order valence-corrected chi connectivity index (χ1v) is 10.7. The summed E-state index contributed by atoms with van der Waals surface area (Å²) in [7, 11) is 0. The van der Waals surface area contributed by atoms with Gasteiger partial charge in [-0.05, 0) is 54.5 Å². The van der Waals surface area contributed by atoms with E-state index in [2.05, 4.69) is 10.3 Å². The van der Waals surface area contributed by atoms with Crippen molar-refractivity contribution >= 4 is 16.6 Å². The maximum absolute atomic E-state index is 14.3. The number of rotatable bonds is 4. The molecule has 33 heavy (non-hydrogen) atoms. The first kappa shape index (κ1) is 23.1. The number of alkyl halides is 3. The summed E-state index contributed by atoms with van der Waals surface area (Å²) in [6, 6.07) is 6.12. The molecule has 176 valence electrons. The van der Waals surface area contributed by atoms with Crippen LogP contribution in [0.2, 0.25) is 0 Å². The summed E-state index contributed by atoms with van der Waals surface area (Å²) in [6.07, 6.45) is -4.85. The topological polar surface area (TPSA) is 85.3 Å². The number of hydrogen-bond acceptors (Lipinski definition) is 4. The monoisotopic (exact) mass is 464 g/mol. The van der Waals surface area contributed by atoms with E-state index in [1.807, 2.05) is 6.92 Å². The van der Waals surface area contributed by atoms with Crippen molar-refractivity contribution < 1.29 is 27.8 Å². The number of aromatic amines is 1. The number of aliphatic hydroxyl groups is 1. The number of anilines is 1. The van der Waals surface area contributed by atoms with E-state index in [1.54, 1.807) is 13.0 Å². The van der Waals surface area contributed by atoms with Crippen molar-refractivity contribution in [2.75, 3.05) is 5.32 Å². The number of aryl methyl sites for hydroxylation is 1. The van der Waals surface area contributed by atoms with Gasteiger partial charge in [-0.25, -0.2) is 4.39 Å². The van der Waals surface area contributed by atoms with Gasteiger partial charge in [0.25, 0.3) is 0 Å². The molecule has 4 N–H and O–H groups in total. The van der Waals surface area contributed by atoms with Crippen LogP contribution in [-0.4, -0.2) is 27.0 Å². The fraction of sp³-hybridized carbons (Fsp3) is 0.375. The summed E-state index contributed by atoms with van der Waals surface area (Å²) in [5, 5.41) is 24.8. The predicted molar refractivity (Wildman–Crippen MR) is 117 cm³/mol. The van der Waals surface area contributed by atoms with Crippen molar-refractivity contribution in [3.63, 3.8) is 0 Å². The molecule has 1 unspecified atom stereocenters. The zero-order valence-electron chi connectivity index (χ0n) is 18.1. The maximum atomic E-state index is 14.3. The molecule has 3 aromatic rings. The van der Waals surface area contributed by atoms with Crippen LogP contribution in [0.3, 0.4) is 0 Å². The predicted octanol–water partition coefficient (Wildman–Crippen LogP) is 5.28. The molecule has 0 bridgehead atoms. The van der Waals surface area contributed by atoms with Gasteiger partial charge >= 0.3 is 6.18 Å². The van der Waals surface area contributed by atoms with Gasteiger partial charge in [0.1, 0.15) is 11.6 Å². The second-order valence-corrected chi connectivity index (χ2v) is 8.44. The molecule has 1 aliphatic rings. The highest BCUT2D eigenvalue weighted by Crippen LogP contribution is 2.55. The van der Waals surface area contributed by atoms with E-state index in [4.69, 9.17) is 0 Å². The molecule has 9 heteroatoms. The minimum atomic E-state index is -4.99. The van der Waals surface area contributed by atoms with Gasteiger partial charge in [-0.1, -0.05) is 26.0 Å². The Hall–Kier alpha value is -3.07. The molecular weight excluding hydrogens is 440 g/mol. The first-order valence-electron chi connectivity index (χ1n) is 10.7. The zero-order chi connectivity index (χ0) is 24.1. The second kappa shape index (κ2) is 8.06. The summed E-state index contributed by atoms with van der Waals surface area (Å²) in [5.74, 6) is -1.51. The smallest absolute Gasteiger partial charge is 0.419 e. The van der Waals surface area contributed by atoms with Crippen LogP contribution in [0.25, 0.3) is 10.9 Å². The summed E-state index contributed by atoms with van der Waals surface area (Å²) >= 11 is 0. The number of nitrogens with one attached hydrogen (secondary N) is 2. The van der Waals surface area contributed by atoms with E-state index < -0.39 is 41.5 Å².